The topological polar surface area (TPSA) is 78.6 Å². The van der Waals surface area contributed by atoms with Crippen LogP contribution in [-0.4, -0.2) is 41.7 Å². The van der Waals surface area contributed by atoms with Gasteiger partial charge in [-0.1, -0.05) is 19.1 Å². The Balaban J connectivity index is 2.93. The van der Waals surface area contributed by atoms with Crippen molar-refractivity contribution >= 4 is 11.4 Å². The summed E-state index contributed by atoms with van der Waals surface area (Å²) >= 11 is 0. The average Bonchev–Trinajstić information content (AvgIpc) is 2.42. The summed E-state index contributed by atoms with van der Waals surface area (Å²) in [5.41, 5.74) is 1.56. The maximum atomic E-state index is 11.0. The van der Waals surface area contributed by atoms with Crippen LogP contribution in [0.1, 0.15) is 18.9 Å². The number of para-hydroxylation sites is 1. The number of anilines is 1. The van der Waals surface area contributed by atoms with Crippen molar-refractivity contribution in [3.63, 3.8) is 0 Å². The lowest BCUT2D eigenvalue weighted by Crippen LogP contribution is -2.25. The molecule has 1 rings (SSSR count). The number of rotatable bonds is 8. The first-order valence-electron chi connectivity index (χ1n) is 6.41. The molecule has 0 heterocycles. The molecule has 0 radical (unpaired) electrons. The van der Waals surface area contributed by atoms with Gasteiger partial charge in [0, 0.05) is 32.8 Å². The molecule has 0 atom stereocenters. The molecule has 0 aliphatic carbocycles. The summed E-state index contributed by atoms with van der Waals surface area (Å²) in [6, 6.07) is 5.09. The molecule has 0 bridgehead atoms. The minimum atomic E-state index is -0.376. The fourth-order valence-corrected chi connectivity index (χ4v) is 2.04. The van der Waals surface area contributed by atoms with Gasteiger partial charge in [-0.2, -0.15) is 0 Å². The summed E-state index contributed by atoms with van der Waals surface area (Å²) < 4.78 is 0. The van der Waals surface area contributed by atoms with Crippen LogP contribution in [0.5, 0.6) is 0 Å². The minimum absolute atomic E-state index is 0.0956. The van der Waals surface area contributed by atoms with Crippen LogP contribution in [0.2, 0.25) is 0 Å². The zero-order valence-electron chi connectivity index (χ0n) is 11.4. The standard InChI is InChI=1S/C13H21N3O3/c1-3-15(8-5-9-17)10-11-6-4-7-12(16(18)19)13(11)14-2/h4,6-7,14,17H,3,5,8-10H2,1-2H3. The zero-order chi connectivity index (χ0) is 14.3. The lowest BCUT2D eigenvalue weighted by Gasteiger charge is -2.21. The first-order chi connectivity index (χ1) is 9.13. The van der Waals surface area contributed by atoms with Gasteiger partial charge in [0.2, 0.25) is 0 Å². The fourth-order valence-electron chi connectivity index (χ4n) is 2.04. The summed E-state index contributed by atoms with van der Waals surface area (Å²) in [5, 5.41) is 22.8. The third kappa shape index (κ3) is 4.18. The van der Waals surface area contributed by atoms with E-state index in [1.807, 2.05) is 13.0 Å². The fraction of sp³-hybridized carbons (Fsp3) is 0.538. The van der Waals surface area contributed by atoms with Gasteiger partial charge < -0.3 is 10.4 Å². The highest BCUT2D eigenvalue weighted by atomic mass is 16.6. The molecule has 0 saturated heterocycles. The van der Waals surface area contributed by atoms with Gasteiger partial charge in [0.05, 0.1) is 4.92 Å². The van der Waals surface area contributed by atoms with Crippen molar-refractivity contribution in [3.8, 4) is 0 Å². The number of nitro groups is 1. The number of aliphatic hydroxyl groups excluding tert-OH is 1. The smallest absolute Gasteiger partial charge is 0.292 e. The van der Waals surface area contributed by atoms with Crippen LogP contribution < -0.4 is 5.32 Å². The van der Waals surface area contributed by atoms with Crippen LogP contribution >= 0.6 is 0 Å². The average molecular weight is 267 g/mol. The Labute approximate surface area is 113 Å². The van der Waals surface area contributed by atoms with E-state index in [0.29, 0.717) is 18.7 Å². The molecule has 0 amide bonds. The third-order valence-corrected chi connectivity index (χ3v) is 3.05. The van der Waals surface area contributed by atoms with Crippen molar-refractivity contribution in [3.05, 3.63) is 33.9 Å². The Morgan fingerprint density at radius 3 is 2.74 bits per heavy atom. The zero-order valence-corrected chi connectivity index (χ0v) is 11.4. The Hall–Kier alpha value is -1.66. The molecular weight excluding hydrogens is 246 g/mol. The van der Waals surface area contributed by atoms with Gasteiger partial charge in [-0.25, -0.2) is 0 Å². The Kier molecular flexibility index (Phi) is 6.24. The van der Waals surface area contributed by atoms with Crippen LogP contribution in [0.3, 0.4) is 0 Å². The van der Waals surface area contributed by atoms with E-state index in [1.54, 1.807) is 13.1 Å². The van der Waals surface area contributed by atoms with Gasteiger partial charge in [-0.05, 0) is 18.5 Å². The van der Waals surface area contributed by atoms with Crippen molar-refractivity contribution in [2.45, 2.75) is 19.9 Å². The highest BCUT2D eigenvalue weighted by Gasteiger charge is 2.17. The first kappa shape index (κ1) is 15.4. The van der Waals surface area contributed by atoms with E-state index in [0.717, 1.165) is 18.7 Å². The Morgan fingerprint density at radius 2 is 2.21 bits per heavy atom. The molecule has 0 unspecified atom stereocenters. The van der Waals surface area contributed by atoms with Crippen LogP contribution in [-0.2, 0) is 6.54 Å². The van der Waals surface area contributed by atoms with Crippen molar-refractivity contribution in [1.29, 1.82) is 0 Å². The predicted octanol–water partition coefficient (Wildman–Crippen LogP) is 1.84. The van der Waals surface area contributed by atoms with Crippen molar-refractivity contribution in [2.75, 3.05) is 32.1 Å². The van der Waals surface area contributed by atoms with E-state index >= 15 is 0 Å². The summed E-state index contributed by atoms with van der Waals surface area (Å²) in [6.45, 7) is 4.44. The molecule has 1 aromatic carbocycles. The number of hydrogen-bond donors (Lipinski definition) is 2. The normalized spacial score (nSPS) is 10.7. The molecule has 0 aromatic heterocycles. The van der Waals surface area contributed by atoms with Crippen LogP contribution in [0.15, 0.2) is 18.2 Å². The van der Waals surface area contributed by atoms with Crippen molar-refractivity contribution < 1.29 is 10.0 Å². The molecular formula is C13H21N3O3. The number of nitro benzene ring substituents is 1. The summed E-state index contributed by atoms with van der Waals surface area (Å²) in [5.74, 6) is 0. The van der Waals surface area contributed by atoms with E-state index in [1.165, 1.54) is 6.07 Å². The molecule has 1 aromatic rings. The molecule has 0 saturated carbocycles. The third-order valence-electron chi connectivity index (χ3n) is 3.05. The molecule has 19 heavy (non-hydrogen) atoms. The first-order valence-corrected chi connectivity index (χ1v) is 6.41. The van der Waals surface area contributed by atoms with Gasteiger partial charge in [-0.3, -0.25) is 15.0 Å². The number of benzene rings is 1. The Morgan fingerprint density at radius 1 is 1.47 bits per heavy atom. The second-order valence-corrected chi connectivity index (χ2v) is 4.26. The quantitative estimate of drug-likeness (QED) is 0.555. The molecule has 6 heteroatoms. The Bertz CT molecular complexity index is 424. The van der Waals surface area contributed by atoms with Gasteiger partial charge in [-0.15, -0.1) is 0 Å². The van der Waals surface area contributed by atoms with Crippen LogP contribution in [0.4, 0.5) is 11.4 Å². The molecule has 106 valence electrons. The lowest BCUT2D eigenvalue weighted by molar-refractivity contribution is -0.384. The minimum Gasteiger partial charge on any atom is -0.396 e. The second-order valence-electron chi connectivity index (χ2n) is 4.26. The summed E-state index contributed by atoms with van der Waals surface area (Å²) in [4.78, 5) is 12.8. The number of hydrogen-bond acceptors (Lipinski definition) is 5. The van der Waals surface area contributed by atoms with Gasteiger partial charge in [0.25, 0.3) is 5.69 Å². The maximum absolute atomic E-state index is 11.0. The lowest BCUT2D eigenvalue weighted by atomic mass is 10.1. The van der Waals surface area contributed by atoms with E-state index in [4.69, 9.17) is 5.11 Å². The largest absolute Gasteiger partial charge is 0.396 e. The highest BCUT2D eigenvalue weighted by Crippen LogP contribution is 2.28. The SMILES string of the molecule is CCN(CCCO)Cc1cccc([N+](=O)[O-])c1NC. The molecule has 0 fully saturated rings. The van der Waals surface area contributed by atoms with E-state index in [9.17, 15) is 10.1 Å². The van der Waals surface area contributed by atoms with Crippen molar-refractivity contribution in [2.24, 2.45) is 0 Å². The van der Waals surface area contributed by atoms with Crippen LogP contribution in [0.25, 0.3) is 0 Å². The maximum Gasteiger partial charge on any atom is 0.292 e. The summed E-state index contributed by atoms with van der Waals surface area (Å²) in [6.07, 6.45) is 0.706. The monoisotopic (exact) mass is 267 g/mol. The molecule has 2 N–H and O–H groups in total. The van der Waals surface area contributed by atoms with Gasteiger partial charge >= 0.3 is 0 Å². The van der Waals surface area contributed by atoms with Crippen LogP contribution in [0, 0.1) is 10.1 Å². The van der Waals surface area contributed by atoms with Gasteiger partial charge in [0.15, 0.2) is 0 Å². The molecule has 0 aliphatic heterocycles. The summed E-state index contributed by atoms with van der Waals surface area (Å²) in [7, 11) is 1.69. The van der Waals surface area contributed by atoms with Crippen molar-refractivity contribution in [1.82, 2.24) is 4.90 Å². The molecule has 0 spiro atoms. The van der Waals surface area contributed by atoms with Gasteiger partial charge in [0.1, 0.15) is 5.69 Å². The molecule has 0 aliphatic rings. The number of nitrogens with zero attached hydrogens (tertiary/aromatic N) is 2. The number of aliphatic hydroxyl groups is 1. The molecule has 6 nitrogen and oxygen atoms in total. The highest BCUT2D eigenvalue weighted by molar-refractivity contribution is 5.66. The van der Waals surface area contributed by atoms with E-state index in [2.05, 4.69) is 10.2 Å². The van der Waals surface area contributed by atoms with E-state index in [-0.39, 0.29) is 17.2 Å². The second kappa shape index (κ2) is 7.70. The van der Waals surface area contributed by atoms with E-state index < -0.39 is 0 Å². The number of nitrogens with one attached hydrogen (secondary N) is 1. The predicted molar refractivity (Wildman–Crippen MR) is 75.3 cm³/mol.